The van der Waals surface area contributed by atoms with Crippen molar-refractivity contribution < 1.29 is 29.4 Å². The second-order valence-corrected chi connectivity index (χ2v) is 6.74. The molecule has 2 N–H and O–H groups in total. The van der Waals surface area contributed by atoms with Gasteiger partial charge in [0.05, 0.1) is 16.7 Å². The molecule has 0 bridgehead atoms. The van der Waals surface area contributed by atoms with Crippen LogP contribution >= 0.6 is 0 Å². The minimum absolute atomic E-state index is 0.00386. The Labute approximate surface area is 164 Å². The molecule has 0 spiro atoms. The number of carboxylic acids is 2. The Bertz CT molecular complexity index is 1190. The molecule has 0 aromatic heterocycles. The van der Waals surface area contributed by atoms with E-state index >= 15 is 0 Å². The third-order valence-electron chi connectivity index (χ3n) is 5.05. The van der Waals surface area contributed by atoms with E-state index < -0.39 is 29.8 Å². The molecular weight excluding hydrogens is 374 g/mol. The summed E-state index contributed by atoms with van der Waals surface area (Å²) in [5.74, 6) is -4.10. The molecule has 2 amide bonds. The second kappa shape index (κ2) is 6.87. The molecule has 3 aromatic carbocycles. The average molecular weight is 389 g/mol. The van der Waals surface area contributed by atoms with E-state index in [1.807, 2.05) is 30.3 Å². The monoisotopic (exact) mass is 389 g/mol. The number of hydrogen-bond donors (Lipinski definition) is 2. The standard InChI is InChI=1S/C22H15NO6/c24-19-16-9-8-14(21(26)27)10-17(16)20(25)23(19)18(22(28)29)11-13-6-3-5-12-4-1-2-7-15(12)13/h1-10,18H,11H2,(H,26,27)(H,28,29). The van der Waals surface area contributed by atoms with Crippen molar-refractivity contribution in [1.29, 1.82) is 0 Å². The molecular formula is C22H15NO6. The fourth-order valence-corrected chi connectivity index (χ4v) is 3.64. The Hall–Kier alpha value is -4.00. The highest BCUT2D eigenvalue weighted by atomic mass is 16.4. The first-order valence-corrected chi connectivity index (χ1v) is 8.83. The zero-order valence-corrected chi connectivity index (χ0v) is 15.0. The van der Waals surface area contributed by atoms with Crippen molar-refractivity contribution in [3.05, 3.63) is 82.9 Å². The fourth-order valence-electron chi connectivity index (χ4n) is 3.64. The number of aromatic carboxylic acids is 1. The summed E-state index contributed by atoms with van der Waals surface area (Å²) < 4.78 is 0. The fraction of sp³-hybridized carbons (Fsp3) is 0.0909. The molecule has 4 rings (SSSR count). The van der Waals surface area contributed by atoms with E-state index in [1.54, 1.807) is 12.1 Å². The van der Waals surface area contributed by atoms with Gasteiger partial charge in [-0.05, 0) is 34.5 Å². The number of aliphatic carboxylic acids is 1. The van der Waals surface area contributed by atoms with Gasteiger partial charge >= 0.3 is 11.9 Å². The highest BCUT2D eigenvalue weighted by Gasteiger charge is 2.43. The van der Waals surface area contributed by atoms with Crippen LogP contribution in [-0.2, 0) is 11.2 Å². The van der Waals surface area contributed by atoms with E-state index in [2.05, 4.69) is 0 Å². The van der Waals surface area contributed by atoms with Crippen LogP contribution < -0.4 is 0 Å². The molecule has 1 aliphatic rings. The Kier molecular flexibility index (Phi) is 4.35. The molecule has 7 nitrogen and oxygen atoms in total. The largest absolute Gasteiger partial charge is 0.480 e. The minimum Gasteiger partial charge on any atom is -0.480 e. The number of imide groups is 1. The molecule has 0 aliphatic carbocycles. The SMILES string of the molecule is O=C(O)c1ccc2c(c1)C(=O)N(C(Cc1cccc3ccccc13)C(=O)O)C2=O. The molecule has 1 aliphatic heterocycles. The Balaban J connectivity index is 1.74. The van der Waals surface area contributed by atoms with Gasteiger partial charge in [0.25, 0.3) is 11.8 Å². The minimum atomic E-state index is -1.42. The predicted molar refractivity (Wildman–Crippen MR) is 103 cm³/mol. The zero-order valence-electron chi connectivity index (χ0n) is 15.0. The maximum atomic E-state index is 12.8. The normalized spacial score (nSPS) is 14.1. The molecule has 29 heavy (non-hydrogen) atoms. The van der Waals surface area contributed by atoms with Crippen LogP contribution in [0, 0.1) is 0 Å². The molecule has 1 atom stereocenters. The molecule has 1 unspecified atom stereocenters. The van der Waals surface area contributed by atoms with Gasteiger partial charge < -0.3 is 10.2 Å². The Morgan fingerprint density at radius 2 is 1.55 bits per heavy atom. The van der Waals surface area contributed by atoms with Gasteiger partial charge in [0.2, 0.25) is 0 Å². The van der Waals surface area contributed by atoms with Gasteiger partial charge in [0.1, 0.15) is 6.04 Å². The summed E-state index contributed by atoms with van der Waals surface area (Å²) in [6.45, 7) is 0. The number of carboxylic acid groups (broad SMARTS) is 2. The lowest BCUT2D eigenvalue weighted by Gasteiger charge is -2.23. The smallest absolute Gasteiger partial charge is 0.335 e. The average Bonchev–Trinajstić information content (AvgIpc) is 2.96. The molecule has 3 aromatic rings. The van der Waals surface area contributed by atoms with Gasteiger partial charge in [-0.25, -0.2) is 9.59 Å². The van der Waals surface area contributed by atoms with Gasteiger partial charge in [-0.3, -0.25) is 14.5 Å². The molecule has 0 fully saturated rings. The summed E-state index contributed by atoms with van der Waals surface area (Å²) >= 11 is 0. The molecule has 144 valence electrons. The number of hydrogen-bond acceptors (Lipinski definition) is 4. The second-order valence-electron chi connectivity index (χ2n) is 6.74. The van der Waals surface area contributed by atoms with Gasteiger partial charge in [-0.15, -0.1) is 0 Å². The summed E-state index contributed by atoms with van der Waals surface area (Å²) in [6, 6.07) is 15.0. The van der Waals surface area contributed by atoms with E-state index in [1.165, 1.54) is 12.1 Å². The van der Waals surface area contributed by atoms with Crippen molar-refractivity contribution in [2.75, 3.05) is 0 Å². The van der Waals surface area contributed by atoms with Gasteiger partial charge in [-0.1, -0.05) is 42.5 Å². The highest BCUT2D eigenvalue weighted by molar-refractivity contribution is 6.23. The number of fused-ring (bicyclic) bond motifs is 2. The lowest BCUT2D eigenvalue weighted by molar-refractivity contribution is -0.141. The van der Waals surface area contributed by atoms with E-state index in [9.17, 15) is 24.3 Å². The quantitative estimate of drug-likeness (QED) is 0.649. The van der Waals surface area contributed by atoms with E-state index in [0.717, 1.165) is 16.8 Å². The summed E-state index contributed by atoms with van der Waals surface area (Å²) in [5.41, 5.74) is 0.453. The van der Waals surface area contributed by atoms with Crippen molar-refractivity contribution in [1.82, 2.24) is 4.90 Å². The molecule has 0 saturated heterocycles. The van der Waals surface area contributed by atoms with Crippen LogP contribution in [0.2, 0.25) is 0 Å². The summed E-state index contributed by atoms with van der Waals surface area (Å²) in [5, 5.41) is 20.7. The molecule has 0 saturated carbocycles. The van der Waals surface area contributed by atoms with Crippen LogP contribution in [0.1, 0.15) is 36.6 Å². The van der Waals surface area contributed by atoms with Crippen LogP contribution in [0.25, 0.3) is 10.8 Å². The van der Waals surface area contributed by atoms with Gasteiger partial charge in [0, 0.05) is 6.42 Å². The van der Waals surface area contributed by atoms with Crippen LogP contribution in [0.5, 0.6) is 0 Å². The van der Waals surface area contributed by atoms with Crippen LogP contribution in [-0.4, -0.2) is 44.9 Å². The number of amides is 2. The maximum Gasteiger partial charge on any atom is 0.335 e. The molecule has 1 heterocycles. The van der Waals surface area contributed by atoms with E-state index in [4.69, 9.17) is 5.11 Å². The van der Waals surface area contributed by atoms with E-state index in [-0.39, 0.29) is 23.1 Å². The first kappa shape index (κ1) is 18.4. The van der Waals surface area contributed by atoms with Gasteiger partial charge in [-0.2, -0.15) is 0 Å². The number of carbonyl (C=O) groups excluding carboxylic acids is 2. The lowest BCUT2D eigenvalue weighted by Crippen LogP contribution is -2.46. The van der Waals surface area contributed by atoms with Crippen molar-refractivity contribution in [2.24, 2.45) is 0 Å². The van der Waals surface area contributed by atoms with Crippen molar-refractivity contribution in [3.63, 3.8) is 0 Å². The predicted octanol–water partition coefficient (Wildman–Crippen LogP) is 2.83. The Morgan fingerprint density at radius 1 is 0.862 bits per heavy atom. The van der Waals surface area contributed by atoms with Crippen molar-refractivity contribution in [2.45, 2.75) is 12.5 Å². The molecule has 7 heteroatoms. The zero-order chi connectivity index (χ0) is 20.7. The topological polar surface area (TPSA) is 112 Å². The first-order chi connectivity index (χ1) is 13.9. The van der Waals surface area contributed by atoms with Crippen LogP contribution in [0.4, 0.5) is 0 Å². The third kappa shape index (κ3) is 3.02. The number of nitrogens with zero attached hydrogens (tertiary/aromatic N) is 1. The summed E-state index contributed by atoms with van der Waals surface area (Å²) in [4.78, 5) is 49.5. The summed E-state index contributed by atoms with van der Waals surface area (Å²) in [7, 11) is 0. The van der Waals surface area contributed by atoms with E-state index in [0.29, 0.717) is 10.5 Å². The Morgan fingerprint density at radius 3 is 2.28 bits per heavy atom. The van der Waals surface area contributed by atoms with Crippen LogP contribution in [0.15, 0.2) is 60.7 Å². The third-order valence-corrected chi connectivity index (χ3v) is 5.05. The van der Waals surface area contributed by atoms with Crippen molar-refractivity contribution >= 4 is 34.5 Å². The maximum absolute atomic E-state index is 12.8. The lowest BCUT2D eigenvalue weighted by atomic mass is 9.98. The number of benzene rings is 3. The summed E-state index contributed by atoms with van der Waals surface area (Å²) in [6.07, 6.45) is -0.0616. The highest BCUT2D eigenvalue weighted by Crippen LogP contribution is 2.28. The van der Waals surface area contributed by atoms with Crippen molar-refractivity contribution in [3.8, 4) is 0 Å². The molecule has 0 radical (unpaired) electrons. The first-order valence-electron chi connectivity index (χ1n) is 8.83. The van der Waals surface area contributed by atoms with Crippen LogP contribution in [0.3, 0.4) is 0 Å². The number of rotatable bonds is 5. The number of carbonyl (C=O) groups is 4. The van der Waals surface area contributed by atoms with Gasteiger partial charge in [0.15, 0.2) is 0 Å².